The van der Waals surface area contributed by atoms with Crippen LogP contribution in [0.5, 0.6) is 0 Å². The van der Waals surface area contributed by atoms with Gasteiger partial charge in [-0.05, 0) is 11.1 Å². The molecule has 0 radical (unpaired) electrons. The second-order valence-corrected chi connectivity index (χ2v) is 4.82. The first-order chi connectivity index (χ1) is 10.1. The quantitative estimate of drug-likeness (QED) is 0.653. The Morgan fingerprint density at radius 1 is 1.38 bits per heavy atom. The highest BCUT2D eigenvalue weighted by Crippen LogP contribution is 2.25. The molecule has 1 heterocycles. The minimum Gasteiger partial charge on any atom is -0.380 e. The molecule has 1 N–H and O–H groups in total. The lowest BCUT2D eigenvalue weighted by Crippen LogP contribution is -2.05. The number of aromatic nitrogens is 1. The molecule has 0 aliphatic heterocycles. The molecular weight excluding hydrogens is 294 g/mol. The van der Waals surface area contributed by atoms with Crippen molar-refractivity contribution in [2.75, 3.05) is 12.4 Å². The molecule has 0 saturated heterocycles. The molecule has 0 unspecified atom stereocenters. The normalized spacial score (nSPS) is 10.4. The van der Waals surface area contributed by atoms with Crippen LogP contribution in [0.25, 0.3) is 0 Å². The zero-order valence-corrected chi connectivity index (χ0v) is 12.1. The molecule has 1 aromatic heterocycles. The standard InChI is InChI=1S/C14H14ClN3O3/c1-21-9-11-4-2-3-10(5-11)7-16-14-13(18(19)20)6-12(15)8-17-14/h2-6,8H,7,9H2,1H3,(H,16,17). The van der Waals surface area contributed by atoms with E-state index >= 15 is 0 Å². The highest BCUT2D eigenvalue weighted by atomic mass is 35.5. The summed E-state index contributed by atoms with van der Waals surface area (Å²) in [5.74, 6) is 0.196. The van der Waals surface area contributed by atoms with Crippen molar-refractivity contribution >= 4 is 23.1 Å². The highest BCUT2D eigenvalue weighted by molar-refractivity contribution is 6.30. The number of benzene rings is 1. The maximum absolute atomic E-state index is 11.0. The smallest absolute Gasteiger partial charge is 0.312 e. The second-order valence-electron chi connectivity index (χ2n) is 4.38. The summed E-state index contributed by atoms with van der Waals surface area (Å²) >= 11 is 5.72. The molecule has 0 bridgehead atoms. The van der Waals surface area contributed by atoms with Gasteiger partial charge in [0.05, 0.1) is 16.6 Å². The van der Waals surface area contributed by atoms with E-state index in [0.717, 1.165) is 11.1 Å². The van der Waals surface area contributed by atoms with Crippen molar-refractivity contribution in [1.29, 1.82) is 0 Å². The van der Waals surface area contributed by atoms with E-state index in [-0.39, 0.29) is 16.5 Å². The number of nitrogens with one attached hydrogen (secondary N) is 1. The predicted molar refractivity (Wildman–Crippen MR) is 80.4 cm³/mol. The van der Waals surface area contributed by atoms with E-state index in [0.29, 0.717) is 13.2 Å². The summed E-state index contributed by atoms with van der Waals surface area (Å²) in [5.41, 5.74) is 1.88. The third-order valence-electron chi connectivity index (χ3n) is 2.79. The number of anilines is 1. The Labute approximate surface area is 126 Å². The fourth-order valence-corrected chi connectivity index (χ4v) is 2.04. The number of halogens is 1. The predicted octanol–water partition coefficient (Wildman–Crippen LogP) is 3.40. The van der Waals surface area contributed by atoms with Gasteiger partial charge in [-0.1, -0.05) is 35.9 Å². The van der Waals surface area contributed by atoms with Crippen LogP contribution < -0.4 is 5.32 Å². The topological polar surface area (TPSA) is 77.3 Å². The molecule has 2 rings (SSSR count). The van der Waals surface area contributed by atoms with Crippen LogP contribution in [0.2, 0.25) is 5.02 Å². The van der Waals surface area contributed by atoms with Gasteiger partial charge in [0.2, 0.25) is 5.82 Å². The number of pyridine rings is 1. The zero-order chi connectivity index (χ0) is 15.2. The molecule has 0 fully saturated rings. The van der Waals surface area contributed by atoms with Crippen LogP contribution in [-0.2, 0) is 17.9 Å². The van der Waals surface area contributed by atoms with E-state index in [1.54, 1.807) is 7.11 Å². The Hall–Kier alpha value is -2.18. The molecule has 0 saturated carbocycles. The molecule has 1 aromatic carbocycles. The molecular formula is C14H14ClN3O3. The summed E-state index contributed by atoms with van der Waals surface area (Å²) in [7, 11) is 1.63. The summed E-state index contributed by atoms with van der Waals surface area (Å²) in [6.45, 7) is 0.945. The first-order valence-electron chi connectivity index (χ1n) is 6.20. The Morgan fingerprint density at radius 3 is 2.86 bits per heavy atom. The molecule has 0 aliphatic rings. The second kappa shape index (κ2) is 7.01. The summed E-state index contributed by atoms with van der Waals surface area (Å²) in [5, 5.41) is 14.2. The van der Waals surface area contributed by atoms with Crippen LogP contribution in [0.4, 0.5) is 11.5 Å². The third-order valence-corrected chi connectivity index (χ3v) is 3.00. The summed E-state index contributed by atoms with van der Waals surface area (Å²) in [6, 6.07) is 9.04. The zero-order valence-electron chi connectivity index (χ0n) is 11.4. The molecule has 0 spiro atoms. The fourth-order valence-electron chi connectivity index (χ4n) is 1.89. The third kappa shape index (κ3) is 4.14. The van der Waals surface area contributed by atoms with Gasteiger partial charge in [-0.3, -0.25) is 10.1 Å². The minimum atomic E-state index is -0.511. The van der Waals surface area contributed by atoms with Crippen LogP contribution in [0, 0.1) is 10.1 Å². The summed E-state index contributed by atoms with van der Waals surface area (Å²) in [6.07, 6.45) is 1.37. The van der Waals surface area contributed by atoms with Crippen molar-refractivity contribution in [2.45, 2.75) is 13.2 Å². The Morgan fingerprint density at radius 2 is 2.14 bits per heavy atom. The van der Waals surface area contributed by atoms with Gasteiger partial charge in [-0.25, -0.2) is 4.98 Å². The molecule has 0 aliphatic carbocycles. The van der Waals surface area contributed by atoms with Crippen molar-refractivity contribution in [3.05, 3.63) is 62.8 Å². The number of hydrogen-bond donors (Lipinski definition) is 1. The molecule has 6 nitrogen and oxygen atoms in total. The lowest BCUT2D eigenvalue weighted by molar-refractivity contribution is -0.384. The van der Waals surface area contributed by atoms with Gasteiger partial charge in [0.1, 0.15) is 0 Å². The summed E-state index contributed by atoms with van der Waals surface area (Å²) in [4.78, 5) is 14.4. The monoisotopic (exact) mass is 307 g/mol. The lowest BCUT2D eigenvalue weighted by atomic mass is 10.1. The Kier molecular flexibility index (Phi) is 5.08. The van der Waals surface area contributed by atoms with Gasteiger partial charge in [-0.15, -0.1) is 0 Å². The van der Waals surface area contributed by atoms with Gasteiger partial charge in [0, 0.05) is 25.9 Å². The van der Waals surface area contributed by atoms with E-state index in [1.807, 2.05) is 24.3 Å². The van der Waals surface area contributed by atoms with Crippen molar-refractivity contribution in [3.8, 4) is 0 Å². The van der Waals surface area contributed by atoms with Crippen LogP contribution >= 0.6 is 11.6 Å². The van der Waals surface area contributed by atoms with Crippen LogP contribution in [-0.4, -0.2) is 17.0 Å². The number of nitro groups is 1. The van der Waals surface area contributed by atoms with Gasteiger partial charge < -0.3 is 10.1 Å². The molecule has 0 atom stereocenters. The van der Waals surface area contributed by atoms with Crippen LogP contribution in [0.15, 0.2) is 36.5 Å². The van der Waals surface area contributed by atoms with Crippen LogP contribution in [0.1, 0.15) is 11.1 Å². The fraction of sp³-hybridized carbons (Fsp3) is 0.214. The minimum absolute atomic E-state index is 0.143. The largest absolute Gasteiger partial charge is 0.380 e. The van der Waals surface area contributed by atoms with Crippen LogP contribution in [0.3, 0.4) is 0 Å². The number of hydrogen-bond acceptors (Lipinski definition) is 5. The van der Waals surface area contributed by atoms with Gasteiger partial charge in [-0.2, -0.15) is 0 Å². The highest BCUT2D eigenvalue weighted by Gasteiger charge is 2.15. The van der Waals surface area contributed by atoms with E-state index < -0.39 is 4.92 Å². The number of rotatable bonds is 6. The molecule has 21 heavy (non-hydrogen) atoms. The molecule has 0 amide bonds. The average molecular weight is 308 g/mol. The van der Waals surface area contributed by atoms with Crippen molar-refractivity contribution in [3.63, 3.8) is 0 Å². The summed E-state index contributed by atoms with van der Waals surface area (Å²) < 4.78 is 5.07. The van der Waals surface area contributed by atoms with Gasteiger partial charge in [0.25, 0.3) is 0 Å². The maximum Gasteiger partial charge on any atom is 0.312 e. The molecule has 2 aromatic rings. The first kappa shape index (κ1) is 15.2. The van der Waals surface area contributed by atoms with Crippen molar-refractivity contribution in [2.24, 2.45) is 0 Å². The SMILES string of the molecule is COCc1cccc(CNc2ncc(Cl)cc2[N+](=O)[O-])c1. The van der Waals surface area contributed by atoms with Gasteiger partial charge >= 0.3 is 5.69 Å². The van der Waals surface area contributed by atoms with Gasteiger partial charge in [0.15, 0.2) is 0 Å². The van der Waals surface area contributed by atoms with E-state index in [4.69, 9.17) is 16.3 Å². The Balaban J connectivity index is 2.13. The average Bonchev–Trinajstić information content (AvgIpc) is 2.46. The van der Waals surface area contributed by atoms with E-state index in [9.17, 15) is 10.1 Å². The maximum atomic E-state index is 11.0. The number of nitrogens with zero attached hydrogens (tertiary/aromatic N) is 2. The lowest BCUT2D eigenvalue weighted by Gasteiger charge is -2.08. The van der Waals surface area contributed by atoms with E-state index in [2.05, 4.69) is 10.3 Å². The molecule has 110 valence electrons. The number of ether oxygens (including phenoxy) is 1. The first-order valence-corrected chi connectivity index (χ1v) is 6.58. The number of methoxy groups -OCH3 is 1. The van der Waals surface area contributed by atoms with Crippen molar-refractivity contribution < 1.29 is 9.66 Å². The van der Waals surface area contributed by atoms with Crippen molar-refractivity contribution in [1.82, 2.24) is 4.98 Å². The molecule has 7 heteroatoms. The van der Waals surface area contributed by atoms with E-state index in [1.165, 1.54) is 12.3 Å². The Bertz CT molecular complexity index is 649.